The number of nitrogens with zero attached hydrogens (tertiary/aromatic N) is 4. The molecule has 0 aromatic carbocycles. The summed E-state index contributed by atoms with van der Waals surface area (Å²) in [5.41, 5.74) is 7.98. The predicted molar refractivity (Wildman–Crippen MR) is 92.8 cm³/mol. The zero-order valence-electron chi connectivity index (χ0n) is 14.7. The number of nitrogens with two attached hydrogens (primary N) is 1. The highest BCUT2D eigenvalue weighted by atomic mass is 19.4. The molecule has 3 heterocycles. The van der Waals surface area contributed by atoms with E-state index in [1.165, 1.54) is 29.3 Å². The first-order chi connectivity index (χ1) is 12.4. The van der Waals surface area contributed by atoms with Crippen LogP contribution in [-0.4, -0.2) is 25.3 Å². The molecule has 2 N–H and O–H groups in total. The van der Waals surface area contributed by atoms with Crippen LogP contribution in [0.25, 0.3) is 5.65 Å². The minimum atomic E-state index is -4.48. The summed E-state index contributed by atoms with van der Waals surface area (Å²) in [7, 11) is 0. The lowest BCUT2D eigenvalue weighted by molar-refractivity contribution is -0.149. The Morgan fingerprint density at radius 3 is 2.58 bits per heavy atom. The maximum absolute atomic E-state index is 12.6. The molecule has 5 nitrogen and oxygen atoms in total. The molecule has 1 saturated carbocycles. The second kappa shape index (κ2) is 7.11. The molecule has 1 fully saturated rings. The number of rotatable bonds is 4. The SMILES string of the molecule is CC.NC(c1cnn(Cc2cn3cc(C4CC4)ccc3n2)c1)C(F)(F)F. The van der Waals surface area contributed by atoms with E-state index in [4.69, 9.17) is 5.73 Å². The van der Waals surface area contributed by atoms with E-state index >= 15 is 0 Å². The molecule has 8 heteroatoms. The Kier molecular flexibility index (Phi) is 5.04. The van der Waals surface area contributed by atoms with Crippen molar-refractivity contribution in [1.29, 1.82) is 0 Å². The van der Waals surface area contributed by atoms with Gasteiger partial charge in [-0.05, 0) is 30.4 Å². The summed E-state index contributed by atoms with van der Waals surface area (Å²) in [5, 5.41) is 3.96. The number of aromatic nitrogens is 4. The molecule has 0 spiro atoms. The number of hydrogen-bond donors (Lipinski definition) is 1. The number of hydrogen-bond acceptors (Lipinski definition) is 3. The Balaban J connectivity index is 0.000000948. The average molecular weight is 365 g/mol. The fourth-order valence-corrected chi connectivity index (χ4v) is 2.78. The largest absolute Gasteiger partial charge is 0.407 e. The van der Waals surface area contributed by atoms with Gasteiger partial charge in [-0.25, -0.2) is 4.98 Å². The zero-order valence-corrected chi connectivity index (χ0v) is 14.7. The third kappa shape index (κ3) is 3.90. The van der Waals surface area contributed by atoms with E-state index in [1.807, 2.05) is 30.5 Å². The summed E-state index contributed by atoms with van der Waals surface area (Å²) in [6.07, 6.45) is 4.39. The van der Waals surface area contributed by atoms with Crippen LogP contribution in [0.4, 0.5) is 13.2 Å². The van der Waals surface area contributed by atoms with Crippen LogP contribution in [0.15, 0.2) is 36.9 Å². The molecule has 0 aliphatic heterocycles. The Morgan fingerprint density at radius 2 is 1.92 bits per heavy atom. The second-order valence-corrected chi connectivity index (χ2v) is 6.22. The van der Waals surface area contributed by atoms with Gasteiger partial charge < -0.3 is 10.1 Å². The Hall–Kier alpha value is -2.35. The fraction of sp³-hybridized carbons (Fsp3) is 0.444. The van der Waals surface area contributed by atoms with E-state index in [0.29, 0.717) is 12.5 Å². The number of pyridine rings is 1. The van der Waals surface area contributed by atoms with Crippen molar-refractivity contribution in [3.8, 4) is 0 Å². The van der Waals surface area contributed by atoms with Crippen molar-refractivity contribution >= 4 is 5.65 Å². The fourth-order valence-electron chi connectivity index (χ4n) is 2.78. The summed E-state index contributed by atoms with van der Waals surface area (Å²) in [6.45, 7) is 4.30. The lowest BCUT2D eigenvalue weighted by Crippen LogP contribution is -2.28. The van der Waals surface area contributed by atoms with Crippen molar-refractivity contribution in [3.05, 3.63) is 53.7 Å². The minimum absolute atomic E-state index is 0.0534. The molecule has 140 valence electrons. The van der Waals surface area contributed by atoms with Crippen LogP contribution in [0, 0.1) is 0 Å². The second-order valence-electron chi connectivity index (χ2n) is 6.22. The molecular weight excluding hydrogens is 343 g/mol. The number of imidazole rings is 1. The number of fused-ring (bicyclic) bond motifs is 1. The molecule has 1 unspecified atom stereocenters. The standard InChI is InChI=1S/C16H16F3N5.C2H6/c17-16(18,19)15(20)12-5-21-24(7-12)9-13-8-23-6-11(10-1-2-10)3-4-14(23)22-13;1-2/h3-8,10,15H,1-2,9,20H2;1-2H3. The van der Waals surface area contributed by atoms with Crippen molar-refractivity contribution in [3.63, 3.8) is 0 Å². The first kappa shape index (κ1) is 18.4. The van der Waals surface area contributed by atoms with Gasteiger partial charge in [0.2, 0.25) is 0 Å². The van der Waals surface area contributed by atoms with Gasteiger partial charge in [0.25, 0.3) is 0 Å². The Labute approximate surface area is 149 Å². The van der Waals surface area contributed by atoms with E-state index in [1.54, 1.807) is 0 Å². The summed E-state index contributed by atoms with van der Waals surface area (Å²) in [5.74, 6) is 0.651. The topological polar surface area (TPSA) is 61.1 Å². The van der Waals surface area contributed by atoms with Crippen LogP contribution in [0.5, 0.6) is 0 Å². The molecule has 3 aromatic rings. The summed E-state index contributed by atoms with van der Waals surface area (Å²) >= 11 is 0. The van der Waals surface area contributed by atoms with Gasteiger partial charge in [0, 0.05) is 24.2 Å². The van der Waals surface area contributed by atoms with E-state index in [2.05, 4.69) is 22.3 Å². The summed E-state index contributed by atoms with van der Waals surface area (Å²) < 4.78 is 41.3. The maximum Gasteiger partial charge on any atom is 0.407 e. The van der Waals surface area contributed by atoms with Crippen LogP contribution in [-0.2, 0) is 6.54 Å². The lowest BCUT2D eigenvalue weighted by atomic mass is 10.2. The van der Waals surface area contributed by atoms with Gasteiger partial charge >= 0.3 is 6.18 Å². The molecule has 26 heavy (non-hydrogen) atoms. The van der Waals surface area contributed by atoms with Crippen LogP contribution in [0.3, 0.4) is 0 Å². The van der Waals surface area contributed by atoms with E-state index in [9.17, 15) is 13.2 Å². The van der Waals surface area contributed by atoms with Gasteiger partial charge in [0.15, 0.2) is 0 Å². The van der Waals surface area contributed by atoms with Gasteiger partial charge in [0.1, 0.15) is 11.7 Å². The van der Waals surface area contributed by atoms with Crippen LogP contribution < -0.4 is 5.73 Å². The molecule has 1 aliphatic rings. The molecule has 0 saturated heterocycles. The highest BCUT2D eigenvalue weighted by Crippen LogP contribution is 2.39. The zero-order chi connectivity index (χ0) is 18.9. The number of halogens is 3. The van der Waals surface area contributed by atoms with E-state index in [0.717, 1.165) is 17.5 Å². The van der Waals surface area contributed by atoms with Gasteiger partial charge in [-0.2, -0.15) is 18.3 Å². The van der Waals surface area contributed by atoms with Crippen molar-refractivity contribution in [2.24, 2.45) is 5.73 Å². The molecule has 4 rings (SSSR count). The monoisotopic (exact) mass is 365 g/mol. The van der Waals surface area contributed by atoms with Crippen LogP contribution in [0.1, 0.15) is 55.5 Å². The first-order valence-corrected chi connectivity index (χ1v) is 8.72. The quantitative estimate of drug-likeness (QED) is 0.759. The molecule has 3 aromatic heterocycles. The van der Waals surface area contributed by atoms with Crippen LogP contribution >= 0.6 is 0 Å². The first-order valence-electron chi connectivity index (χ1n) is 8.72. The minimum Gasteiger partial charge on any atom is -0.316 e. The van der Waals surface area contributed by atoms with Crippen molar-refractivity contribution in [2.75, 3.05) is 0 Å². The van der Waals surface area contributed by atoms with Crippen molar-refractivity contribution < 1.29 is 13.2 Å². The Bertz CT molecular complexity index is 876. The van der Waals surface area contributed by atoms with Gasteiger partial charge in [-0.15, -0.1) is 0 Å². The molecular formula is C18H22F3N5. The normalized spacial score (nSPS) is 15.6. The molecule has 1 aliphatic carbocycles. The summed E-state index contributed by atoms with van der Waals surface area (Å²) in [4.78, 5) is 4.48. The molecule has 0 amide bonds. The molecule has 1 atom stereocenters. The highest BCUT2D eigenvalue weighted by molar-refractivity contribution is 5.42. The predicted octanol–water partition coefficient (Wildman–Crippen LogP) is 4.04. The smallest absolute Gasteiger partial charge is 0.316 e. The van der Waals surface area contributed by atoms with E-state index in [-0.39, 0.29) is 5.56 Å². The Morgan fingerprint density at radius 1 is 1.19 bits per heavy atom. The number of alkyl halides is 3. The molecule has 0 radical (unpaired) electrons. The third-order valence-electron chi connectivity index (χ3n) is 4.26. The van der Waals surface area contributed by atoms with Gasteiger partial charge in [0.05, 0.1) is 18.4 Å². The highest BCUT2D eigenvalue weighted by Gasteiger charge is 2.38. The third-order valence-corrected chi connectivity index (χ3v) is 4.26. The average Bonchev–Trinajstić information content (AvgIpc) is 3.23. The van der Waals surface area contributed by atoms with E-state index < -0.39 is 12.2 Å². The maximum atomic E-state index is 12.6. The molecule has 0 bridgehead atoms. The van der Waals surface area contributed by atoms with Crippen LogP contribution in [0.2, 0.25) is 0 Å². The van der Waals surface area contributed by atoms with Crippen molar-refractivity contribution in [2.45, 2.75) is 51.4 Å². The van der Waals surface area contributed by atoms with Gasteiger partial charge in [-0.3, -0.25) is 4.68 Å². The van der Waals surface area contributed by atoms with Crippen molar-refractivity contribution in [1.82, 2.24) is 19.2 Å². The lowest BCUT2D eigenvalue weighted by Gasteiger charge is -2.12. The summed E-state index contributed by atoms with van der Waals surface area (Å²) in [6, 6.07) is 2.03. The van der Waals surface area contributed by atoms with Gasteiger partial charge in [-0.1, -0.05) is 19.9 Å².